The number of alkyl carbamates (subject to hydrolysis) is 1. The van der Waals surface area contributed by atoms with E-state index in [0.29, 0.717) is 11.4 Å². The summed E-state index contributed by atoms with van der Waals surface area (Å²) in [6.45, 7) is 2.04. The number of hydrogen-bond acceptors (Lipinski definition) is 5. The summed E-state index contributed by atoms with van der Waals surface area (Å²) in [6, 6.07) is 12.3. The molecule has 0 saturated carbocycles. The number of carbonyl (C=O) groups is 3. The molecule has 0 spiro atoms. The van der Waals surface area contributed by atoms with Gasteiger partial charge in [-0.15, -0.1) is 0 Å². The molecule has 4 N–H and O–H groups in total. The number of hydroxylamine groups is 1. The van der Waals surface area contributed by atoms with Crippen LogP contribution in [0.4, 0.5) is 10.5 Å². The minimum absolute atomic E-state index is 0.00912. The third-order valence-electron chi connectivity index (χ3n) is 4.49. The van der Waals surface area contributed by atoms with Crippen LogP contribution in [0.5, 0.6) is 0 Å². The number of amides is 3. The van der Waals surface area contributed by atoms with Crippen LogP contribution >= 0.6 is 11.6 Å². The summed E-state index contributed by atoms with van der Waals surface area (Å²) in [5.41, 5.74) is 2.57. The van der Waals surface area contributed by atoms with Gasteiger partial charge in [-0.25, -0.2) is 10.3 Å². The number of ether oxygens (including phenoxy) is 1. The standard InChI is InChI=1S/C22H26ClN3O5/c1-2-3-4-12-19(25-22(29)31-14-15-8-7-9-16(23)13-15)21(28)24-18-11-6-5-10-17(18)20(27)26-30/h5-11,13,19,30H,2-4,12,14H2,1H3,(H,24,28)(H,25,29)(H,26,27). The van der Waals surface area contributed by atoms with Gasteiger partial charge in [-0.2, -0.15) is 0 Å². The van der Waals surface area contributed by atoms with E-state index in [2.05, 4.69) is 10.6 Å². The Hall–Kier alpha value is -3.10. The minimum Gasteiger partial charge on any atom is -0.445 e. The second kappa shape index (κ2) is 12.6. The number of anilines is 1. The van der Waals surface area contributed by atoms with Crippen molar-refractivity contribution < 1.29 is 24.3 Å². The molecule has 2 aromatic carbocycles. The van der Waals surface area contributed by atoms with Gasteiger partial charge in [-0.3, -0.25) is 14.8 Å². The van der Waals surface area contributed by atoms with Crippen LogP contribution in [0.2, 0.25) is 5.02 Å². The van der Waals surface area contributed by atoms with Gasteiger partial charge in [-0.1, -0.05) is 62.1 Å². The van der Waals surface area contributed by atoms with Gasteiger partial charge in [-0.05, 0) is 36.2 Å². The summed E-state index contributed by atoms with van der Waals surface area (Å²) >= 11 is 5.93. The Balaban J connectivity index is 2.04. The molecule has 2 aromatic rings. The van der Waals surface area contributed by atoms with Crippen molar-refractivity contribution in [3.8, 4) is 0 Å². The number of nitrogens with one attached hydrogen (secondary N) is 3. The molecule has 31 heavy (non-hydrogen) atoms. The Labute approximate surface area is 185 Å². The van der Waals surface area contributed by atoms with E-state index in [9.17, 15) is 14.4 Å². The Morgan fingerprint density at radius 1 is 1.10 bits per heavy atom. The monoisotopic (exact) mass is 447 g/mol. The predicted octanol–water partition coefficient (Wildman–Crippen LogP) is 4.27. The van der Waals surface area contributed by atoms with Gasteiger partial charge in [0.05, 0.1) is 11.3 Å². The highest BCUT2D eigenvalue weighted by Gasteiger charge is 2.23. The van der Waals surface area contributed by atoms with Crippen molar-refractivity contribution in [3.05, 3.63) is 64.7 Å². The molecule has 0 bridgehead atoms. The van der Waals surface area contributed by atoms with Crippen molar-refractivity contribution in [1.29, 1.82) is 0 Å². The van der Waals surface area contributed by atoms with Crippen molar-refractivity contribution in [3.63, 3.8) is 0 Å². The summed E-state index contributed by atoms with van der Waals surface area (Å²) < 4.78 is 5.21. The summed E-state index contributed by atoms with van der Waals surface area (Å²) in [6.07, 6.45) is 2.24. The fourth-order valence-corrected chi connectivity index (χ4v) is 3.11. The Bertz CT molecular complexity index is 906. The van der Waals surface area contributed by atoms with E-state index in [1.807, 2.05) is 6.92 Å². The van der Waals surface area contributed by atoms with E-state index in [-0.39, 0.29) is 17.9 Å². The van der Waals surface area contributed by atoms with Crippen molar-refractivity contribution in [2.75, 3.05) is 5.32 Å². The molecule has 0 heterocycles. The number of hydrogen-bond donors (Lipinski definition) is 4. The van der Waals surface area contributed by atoms with Crippen LogP contribution in [0, 0.1) is 0 Å². The largest absolute Gasteiger partial charge is 0.445 e. The van der Waals surface area contributed by atoms with E-state index in [4.69, 9.17) is 21.5 Å². The number of para-hydroxylation sites is 1. The zero-order valence-electron chi connectivity index (χ0n) is 17.2. The van der Waals surface area contributed by atoms with Gasteiger partial charge in [0.2, 0.25) is 5.91 Å². The van der Waals surface area contributed by atoms with Crippen LogP contribution in [0.25, 0.3) is 0 Å². The third-order valence-corrected chi connectivity index (χ3v) is 4.73. The van der Waals surface area contributed by atoms with Gasteiger partial charge in [0.1, 0.15) is 12.6 Å². The van der Waals surface area contributed by atoms with Crippen molar-refractivity contribution in [2.45, 2.75) is 45.3 Å². The molecule has 1 atom stereocenters. The number of unbranched alkanes of at least 4 members (excludes halogenated alkanes) is 2. The summed E-state index contributed by atoms with van der Waals surface area (Å²) in [4.78, 5) is 36.9. The van der Waals surface area contributed by atoms with Gasteiger partial charge in [0, 0.05) is 5.02 Å². The first-order chi connectivity index (χ1) is 14.9. The van der Waals surface area contributed by atoms with Crippen LogP contribution in [0.3, 0.4) is 0 Å². The zero-order valence-corrected chi connectivity index (χ0v) is 17.9. The maximum Gasteiger partial charge on any atom is 0.408 e. The normalized spacial score (nSPS) is 11.3. The predicted molar refractivity (Wildman–Crippen MR) is 117 cm³/mol. The van der Waals surface area contributed by atoms with Gasteiger partial charge < -0.3 is 15.4 Å². The molecular formula is C22H26ClN3O5. The number of halogens is 1. The molecule has 3 amide bonds. The van der Waals surface area contributed by atoms with Crippen LogP contribution < -0.4 is 16.1 Å². The maximum absolute atomic E-state index is 12.8. The lowest BCUT2D eigenvalue weighted by Gasteiger charge is -2.19. The highest BCUT2D eigenvalue weighted by Crippen LogP contribution is 2.16. The van der Waals surface area contributed by atoms with Gasteiger partial charge in [0.25, 0.3) is 5.91 Å². The molecule has 2 rings (SSSR count). The molecule has 0 aliphatic rings. The number of benzene rings is 2. The molecule has 0 aliphatic carbocycles. The second-order valence-corrected chi connectivity index (χ2v) is 7.31. The molecule has 1 unspecified atom stereocenters. The highest BCUT2D eigenvalue weighted by molar-refractivity contribution is 6.30. The van der Waals surface area contributed by atoms with E-state index in [0.717, 1.165) is 24.8 Å². The molecule has 0 aromatic heterocycles. The molecular weight excluding hydrogens is 422 g/mol. The van der Waals surface area contributed by atoms with E-state index < -0.39 is 23.9 Å². The highest BCUT2D eigenvalue weighted by atomic mass is 35.5. The lowest BCUT2D eigenvalue weighted by Crippen LogP contribution is -2.44. The Morgan fingerprint density at radius 3 is 2.58 bits per heavy atom. The van der Waals surface area contributed by atoms with Crippen molar-refractivity contribution in [1.82, 2.24) is 10.8 Å². The first-order valence-corrected chi connectivity index (χ1v) is 10.3. The molecule has 9 heteroatoms. The summed E-state index contributed by atoms with van der Waals surface area (Å²) in [5.74, 6) is -1.25. The molecule has 0 aliphatic heterocycles. The second-order valence-electron chi connectivity index (χ2n) is 6.87. The Kier molecular flexibility index (Phi) is 9.80. The maximum atomic E-state index is 12.8. The average molecular weight is 448 g/mol. The Morgan fingerprint density at radius 2 is 1.87 bits per heavy atom. The number of carbonyl (C=O) groups excluding carboxylic acids is 3. The van der Waals surface area contributed by atoms with Crippen LogP contribution in [-0.4, -0.2) is 29.2 Å². The molecule has 8 nitrogen and oxygen atoms in total. The van der Waals surface area contributed by atoms with Crippen LogP contribution in [0.15, 0.2) is 48.5 Å². The van der Waals surface area contributed by atoms with Crippen molar-refractivity contribution >= 4 is 35.2 Å². The first-order valence-electron chi connectivity index (χ1n) is 9.96. The fourth-order valence-electron chi connectivity index (χ4n) is 2.90. The zero-order chi connectivity index (χ0) is 22.6. The molecule has 166 valence electrons. The van der Waals surface area contributed by atoms with E-state index in [1.54, 1.807) is 41.9 Å². The minimum atomic E-state index is -0.858. The SMILES string of the molecule is CCCCCC(NC(=O)OCc1cccc(Cl)c1)C(=O)Nc1ccccc1C(=O)NO. The van der Waals surface area contributed by atoms with E-state index in [1.165, 1.54) is 12.1 Å². The van der Waals surface area contributed by atoms with E-state index >= 15 is 0 Å². The first kappa shape index (κ1) is 24.2. The molecule has 0 radical (unpaired) electrons. The molecule has 0 fully saturated rings. The quantitative estimate of drug-likeness (QED) is 0.246. The lowest BCUT2D eigenvalue weighted by molar-refractivity contribution is -0.118. The topological polar surface area (TPSA) is 117 Å². The van der Waals surface area contributed by atoms with Crippen LogP contribution in [-0.2, 0) is 16.1 Å². The summed E-state index contributed by atoms with van der Waals surface area (Å²) in [5, 5.41) is 14.7. The van der Waals surface area contributed by atoms with Crippen molar-refractivity contribution in [2.24, 2.45) is 0 Å². The fraction of sp³-hybridized carbons (Fsp3) is 0.318. The lowest BCUT2D eigenvalue weighted by atomic mass is 10.1. The number of rotatable bonds is 10. The summed E-state index contributed by atoms with van der Waals surface area (Å²) in [7, 11) is 0. The molecule has 0 saturated heterocycles. The average Bonchev–Trinajstić information content (AvgIpc) is 2.77. The van der Waals surface area contributed by atoms with Gasteiger partial charge in [0.15, 0.2) is 0 Å². The smallest absolute Gasteiger partial charge is 0.408 e. The van der Waals surface area contributed by atoms with Crippen LogP contribution in [0.1, 0.15) is 48.5 Å². The van der Waals surface area contributed by atoms with Gasteiger partial charge >= 0.3 is 6.09 Å². The third kappa shape index (κ3) is 7.92.